The molecule has 1 aromatic heterocycles. The van der Waals surface area contributed by atoms with E-state index in [-0.39, 0.29) is 29.2 Å². The molecule has 3 atom stereocenters. The Labute approximate surface area is 142 Å². The van der Waals surface area contributed by atoms with Crippen molar-refractivity contribution in [1.29, 1.82) is 0 Å². The van der Waals surface area contributed by atoms with Crippen LogP contribution in [0.4, 0.5) is 5.00 Å². The molecule has 2 aliphatic rings. The predicted molar refractivity (Wildman–Crippen MR) is 88.1 cm³/mol. The van der Waals surface area contributed by atoms with Crippen molar-refractivity contribution in [2.45, 2.75) is 25.8 Å². The lowest BCUT2D eigenvalue weighted by Crippen LogP contribution is -2.46. The number of nitrogens with two attached hydrogens (primary N) is 1. The molecule has 0 saturated carbocycles. The zero-order valence-electron chi connectivity index (χ0n) is 13.0. The summed E-state index contributed by atoms with van der Waals surface area (Å²) in [4.78, 5) is 49.8. The number of carbonyl (C=O) groups excluding carboxylic acids is 4. The van der Waals surface area contributed by atoms with Crippen LogP contribution in [0, 0.1) is 11.8 Å². The average molecular weight is 347 g/mol. The summed E-state index contributed by atoms with van der Waals surface area (Å²) in [5.41, 5.74) is 5.45. The number of amides is 4. The average Bonchev–Trinajstić information content (AvgIpc) is 3.11. The summed E-state index contributed by atoms with van der Waals surface area (Å²) >= 11 is 1.16. The molecule has 4 amide bonds. The maximum Gasteiger partial charge on any atom is 0.251 e. The van der Waals surface area contributed by atoms with Gasteiger partial charge in [0.15, 0.2) is 0 Å². The number of hydrogen-bond acceptors (Lipinski definition) is 5. The van der Waals surface area contributed by atoms with Crippen LogP contribution in [0.1, 0.15) is 30.1 Å². The van der Waals surface area contributed by atoms with Crippen molar-refractivity contribution in [2.24, 2.45) is 17.6 Å². The van der Waals surface area contributed by atoms with E-state index >= 15 is 0 Å². The molecule has 1 aliphatic heterocycles. The highest BCUT2D eigenvalue weighted by Gasteiger charge is 2.50. The van der Waals surface area contributed by atoms with Crippen LogP contribution in [0.5, 0.6) is 0 Å². The second-order valence-electron chi connectivity index (χ2n) is 5.90. The first-order valence-corrected chi connectivity index (χ1v) is 8.50. The number of nitrogens with zero attached hydrogens (tertiary/aromatic N) is 1. The van der Waals surface area contributed by atoms with E-state index in [0.717, 1.165) is 16.2 Å². The lowest BCUT2D eigenvalue weighted by Gasteiger charge is -2.22. The van der Waals surface area contributed by atoms with Crippen molar-refractivity contribution in [3.05, 3.63) is 29.2 Å². The first-order chi connectivity index (χ1) is 11.4. The van der Waals surface area contributed by atoms with E-state index in [2.05, 4.69) is 5.32 Å². The molecule has 0 bridgehead atoms. The molecule has 2 unspecified atom stereocenters. The maximum absolute atomic E-state index is 12.5. The number of likely N-dealkylation sites (tertiary alicyclic amines) is 1. The highest BCUT2D eigenvalue weighted by molar-refractivity contribution is 7.14. The summed E-state index contributed by atoms with van der Waals surface area (Å²) in [5.74, 6) is -2.53. The smallest absolute Gasteiger partial charge is 0.251 e. The van der Waals surface area contributed by atoms with Gasteiger partial charge in [0.1, 0.15) is 11.0 Å². The fourth-order valence-electron chi connectivity index (χ4n) is 3.14. The summed E-state index contributed by atoms with van der Waals surface area (Å²) < 4.78 is 0. The number of allylic oxidation sites excluding steroid dienone is 2. The highest BCUT2D eigenvalue weighted by atomic mass is 32.1. The largest absolute Gasteiger partial charge is 0.366 e. The lowest BCUT2D eigenvalue weighted by atomic mass is 9.85. The second-order valence-corrected chi connectivity index (χ2v) is 6.81. The lowest BCUT2D eigenvalue weighted by molar-refractivity contribution is -0.146. The van der Waals surface area contributed by atoms with Gasteiger partial charge in [-0.3, -0.25) is 24.1 Å². The minimum absolute atomic E-state index is 0.206. The fourth-order valence-corrected chi connectivity index (χ4v) is 3.94. The van der Waals surface area contributed by atoms with Crippen LogP contribution in [0.25, 0.3) is 0 Å². The quantitative estimate of drug-likeness (QED) is 0.628. The Morgan fingerprint density at radius 3 is 2.38 bits per heavy atom. The van der Waals surface area contributed by atoms with Gasteiger partial charge in [0.25, 0.3) is 5.91 Å². The summed E-state index contributed by atoms with van der Waals surface area (Å²) in [6.07, 6.45) is 4.84. The number of rotatable bonds is 4. The van der Waals surface area contributed by atoms with Crippen molar-refractivity contribution >= 4 is 40.0 Å². The van der Waals surface area contributed by atoms with Crippen LogP contribution >= 0.6 is 11.3 Å². The second kappa shape index (κ2) is 6.20. The van der Waals surface area contributed by atoms with Crippen molar-refractivity contribution in [1.82, 2.24) is 4.90 Å². The first-order valence-electron chi connectivity index (χ1n) is 7.62. The number of imide groups is 1. The summed E-state index contributed by atoms with van der Waals surface area (Å²) in [5, 5.41) is 4.54. The molecule has 24 heavy (non-hydrogen) atoms. The molecule has 7 nitrogen and oxygen atoms in total. The number of fused-ring (bicyclic) bond motifs is 1. The standard InChI is InChI=1S/C16H17N3O4S/c1-8(13(21)18-14-11(12(17)20)6-7-24-14)19-15(22)9-4-2-3-5-10(9)16(19)23/h2-3,6-10H,4-5H2,1H3,(H2,17,20)(H,18,21)/t8-,9?,10?/m0/s1. The number of primary amides is 1. The molecular formula is C16H17N3O4S. The van der Waals surface area contributed by atoms with Gasteiger partial charge in [0.05, 0.1) is 17.4 Å². The van der Waals surface area contributed by atoms with E-state index in [0.29, 0.717) is 17.8 Å². The van der Waals surface area contributed by atoms with Crippen molar-refractivity contribution in [3.63, 3.8) is 0 Å². The van der Waals surface area contributed by atoms with Gasteiger partial charge < -0.3 is 11.1 Å². The zero-order chi connectivity index (χ0) is 17.4. The monoisotopic (exact) mass is 347 g/mol. The third kappa shape index (κ3) is 2.62. The van der Waals surface area contributed by atoms with Crippen LogP contribution in [-0.4, -0.2) is 34.6 Å². The molecule has 3 N–H and O–H groups in total. The van der Waals surface area contributed by atoms with Gasteiger partial charge in [-0.2, -0.15) is 0 Å². The van der Waals surface area contributed by atoms with Crippen LogP contribution in [0.3, 0.4) is 0 Å². The van der Waals surface area contributed by atoms with Crippen LogP contribution < -0.4 is 11.1 Å². The van der Waals surface area contributed by atoms with Gasteiger partial charge in [-0.05, 0) is 31.2 Å². The Hall–Kier alpha value is -2.48. The first kappa shape index (κ1) is 16.4. The van der Waals surface area contributed by atoms with Gasteiger partial charge in [-0.25, -0.2) is 0 Å². The van der Waals surface area contributed by atoms with E-state index in [9.17, 15) is 19.2 Å². The molecule has 1 aromatic rings. The molecule has 1 saturated heterocycles. The van der Waals surface area contributed by atoms with Crippen LogP contribution in [0.2, 0.25) is 0 Å². The Bertz CT molecular complexity index is 728. The third-order valence-corrected chi connectivity index (χ3v) is 5.31. The predicted octanol–water partition coefficient (Wildman–Crippen LogP) is 1.13. The molecular weight excluding hydrogens is 330 g/mol. The van der Waals surface area contributed by atoms with E-state index in [1.807, 2.05) is 12.2 Å². The molecule has 1 fully saturated rings. The molecule has 0 aromatic carbocycles. The van der Waals surface area contributed by atoms with E-state index < -0.39 is 17.9 Å². The molecule has 8 heteroatoms. The van der Waals surface area contributed by atoms with Crippen molar-refractivity contribution in [2.75, 3.05) is 5.32 Å². The Kier molecular flexibility index (Phi) is 4.23. The zero-order valence-corrected chi connectivity index (χ0v) is 13.8. The molecule has 0 spiro atoms. The van der Waals surface area contributed by atoms with E-state index in [4.69, 9.17) is 5.73 Å². The van der Waals surface area contributed by atoms with Crippen molar-refractivity contribution < 1.29 is 19.2 Å². The number of hydrogen-bond donors (Lipinski definition) is 2. The molecule has 126 valence electrons. The summed E-state index contributed by atoms with van der Waals surface area (Å²) in [6, 6.07) is 0.568. The number of thiophene rings is 1. The molecule has 3 rings (SSSR count). The van der Waals surface area contributed by atoms with Gasteiger partial charge in [0.2, 0.25) is 17.7 Å². The number of nitrogens with one attached hydrogen (secondary N) is 1. The Morgan fingerprint density at radius 2 is 1.83 bits per heavy atom. The minimum Gasteiger partial charge on any atom is -0.366 e. The topological polar surface area (TPSA) is 110 Å². The summed E-state index contributed by atoms with van der Waals surface area (Å²) in [6.45, 7) is 1.51. The minimum atomic E-state index is -0.946. The van der Waals surface area contributed by atoms with Gasteiger partial charge >= 0.3 is 0 Å². The maximum atomic E-state index is 12.5. The number of anilines is 1. The third-order valence-electron chi connectivity index (χ3n) is 4.48. The van der Waals surface area contributed by atoms with Gasteiger partial charge in [-0.1, -0.05) is 12.2 Å². The normalized spacial score (nSPS) is 24.0. The Balaban J connectivity index is 1.76. The van der Waals surface area contributed by atoms with Crippen LogP contribution in [-0.2, 0) is 14.4 Å². The summed E-state index contributed by atoms with van der Waals surface area (Å²) in [7, 11) is 0. The highest BCUT2D eigenvalue weighted by Crippen LogP contribution is 2.36. The van der Waals surface area contributed by atoms with Gasteiger partial charge in [0, 0.05) is 0 Å². The van der Waals surface area contributed by atoms with Crippen LogP contribution in [0.15, 0.2) is 23.6 Å². The molecule has 0 radical (unpaired) electrons. The van der Waals surface area contributed by atoms with E-state index in [1.165, 1.54) is 13.0 Å². The SMILES string of the molecule is C[C@@H](C(=O)Nc1sccc1C(N)=O)N1C(=O)C2CC=CCC2C1=O. The van der Waals surface area contributed by atoms with E-state index in [1.54, 1.807) is 5.38 Å². The van der Waals surface area contributed by atoms with Gasteiger partial charge in [-0.15, -0.1) is 11.3 Å². The number of carbonyl (C=O) groups is 4. The molecule has 1 aliphatic carbocycles. The fraction of sp³-hybridized carbons (Fsp3) is 0.375. The van der Waals surface area contributed by atoms with Crippen molar-refractivity contribution in [3.8, 4) is 0 Å². The molecule has 2 heterocycles. The Morgan fingerprint density at radius 1 is 1.25 bits per heavy atom.